The van der Waals surface area contributed by atoms with E-state index in [9.17, 15) is 18.0 Å². The van der Waals surface area contributed by atoms with E-state index in [1.54, 1.807) is 11.6 Å². The van der Waals surface area contributed by atoms with Crippen molar-refractivity contribution in [2.75, 3.05) is 0 Å². The summed E-state index contributed by atoms with van der Waals surface area (Å²) < 4.78 is 44.1. The van der Waals surface area contributed by atoms with Crippen LogP contribution in [0, 0.1) is 0 Å². The van der Waals surface area contributed by atoms with Crippen molar-refractivity contribution in [3.63, 3.8) is 0 Å². The van der Waals surface area contributed by atoms with Crippen molar-refractivity contribution in [1.82, 2.24) is 14.8 Å². The fourth-order valence-electron chi connectivity index (χ4n) is 1.96. The lowest BCUT2D eigenvalue weighted by molar-refractivity contribution is -0.139. The van der Waals surface area contributed by atoms with Crippen molar-refractivity contribution in [2.45, 2.75) is 26.1 Å². The molecule has 8 heteroatoms. The maximum Gasteiger partial charge on any atom is 0.416 e. The third-order valence-electron chi connectivity index (χ3n) is 3.36. The highest BCUT2D eigenvalue weighted by Gasteiger charge is 2.29. The van der Waals surface area contributed by atoms with Crippen LogP contribution >= 0.6 is 0 Å². The largest absolute Gasteiger partial charge is 0.454 e. The van der Waals surface area contributed by atoms with Gasteiger partial charge in [0.05, 0.1) is 5.56 Å². The van der Waals surface area contributed by atoms with Gasteiger partial charge in [-0.15, -0.1) is 10.2 Å². The van der Waals surface area contributed by atoms with Crippen LogP contribution in [-0.4, -0.2) is 20.7 Å². The number of rotatable bonds is 5. The molecule has 2 rings (SSSR count). The van der Waals surface area contributed by atoms with Crippen LogP contribution in [0.3, 0.4) is 0 Å². The van der Waals surface area contributed by atoms with E-state index in [2.05, 4.69) is 10.2 Å². The lowest BCUT2D eigenvalue weighted by Gasteiger charge is -2.06. The van der Waals surface area contributed by atoms with Crippen LogP contribution in [-0.2, 0) is 35.8 Å². The Hall–Kier alpha value is -2.64. The average molecular weight is 339 g/mol. The summed E-state index contributed by atoms with van der Waals surface area (Å²) >= 11 is 0. The Morgan fingerprint density at radius 1 is 1.21 bits per heavy atom. The quantitative estimate of drug-likeness (QED) is 0.620. The van der Waals surface area contributed by atoms with Crippen molar-refractivity contribution in [3.8, 4) is 0 Å². The summed E-state index contributed by atoms with van der Waals surface area (Å²) in [5, 5.41) is 7.86. The molecule has 1 aromatic heterocycles. The SMILES string of the molecule is CCc1nnc(COC(=O)/C=C\c2ccc(C(F)(F)F)cc2)n1C. The van der Waals surface area contributed by atoms with Crippen LogP contribution in [0.2, 0.25) is 0 Å². The van der Waals surface area contributed by atoms with Gasteiger partial charge in [-0.1, -0.05) is 19.1 Å². The number of benzene rings is 1. The van der Waals surface area contributed by atoms with Crippen LogP contribution < -0.4 is 0 Å². The minimum Gasteiger partial charge on any atom is -0.454 e. The van der Waals surface area contributed by atoms with Crippen molar-refractivity contribution in [2.24, 2.45) is 7.05 Å². The highest BCUT2D eigenvalue weighted by Crippen LogP contribution is 2.29. The zero-order valence-electron chi connectivity index (χ0n) is 13.2. The Morgan fingerprint density at radius 2 is 1.83 bits per heavy atom. The molecule has 0 saturated heterocycles. The number of nitrogens with zero attached hydrogens (tertiary/aromatic N) is 3. The van der Waals surface area contributed by atoms with Gasteiger partial charge in [0.2, 0.25) is 0 Å². The van der Waals surface area contributed by atoms with Gasteiger partial charge in [0, 0.05) is 19.5 Å². The second kappa shape index (κ2) is 7.29. The zero-order chi connectivity index (χ0) is 17.7. The smallest absolute Gasteiger partial charge is 0.416 e. The summed E-state index contributed by atoms with van der Waals surface area (Å²) in [7, 11) is 1.78. The molecule has 128 valence electrons. The summed E-state index contributed by atoms with van der Waals surface area (Å²) in [6.07, 6.45) is -1.13. The zero-order valence-corrected chi connectivity index (χ0v) is 13.2. The molecule has 24 heavy (non-hydrogen) atoms. The van der Waals surface area contributed by atoms with E-state index in [4.69, 9.17) is 4.74 Å². The molecule has 0 radical (unpaired) electrons. The Kier molecular flexibility index (Phi) is 5.38. The van der Waals surface area contributed by atoms with Crippen molar-refractivity contribution >= 4 is 12.0 Å². The Morgan fingerprint density at radius 3 is 2.38 bits per heavy atom. The summed E-state index contributed by atoms with van der Waals surface area (Å²) in [6, 6.07) is 4.47. The number of ether oxygens (including phenoxy) is 1. The molecule has 0 aliphatic heterocycles. The first-order valence-corrected chi connectivity index (χ1v) is 7.20. The Balaban J connectivity index is 1.92. The molecule has 0 bridgehead atoms. The molecule has 2 aromatic rings. The van der Waals surface area contributed by atoms with E-state index in [-0.39, 0.29) is 6.61 Å². The molecule has 0 spiro atoms. The van der Waals surface area contributed by atoms with Crippen LogP contribution in [0.4, 0.5) is 13.2 Å². The predicted molar refractivity (Wildman–Crippen MR) is 80.7 cm³/mol. The number of aryl methyl sites for hydroxylation is 1. The number of halogens is 3. The highest BCUT2D eigenvalue weighted by molar-refractivity contribution is 5.87. The molecule has 0 saturated carbocycles. The predicted octanol–water partition coefficient (Wildman–Crippen LogP) is 3.15. The normalized spacial score (nSPS) is 11.9. The maximum absolute atomic E-state index is 12.5. The second-order valence-electron chi connectivity index (χ2n) is 5.01. The lowest BCUT2D eigenvalue weighted by atomic mass is 10.1. The molecular formula is C16H16F3N3O2. The van der Waals surface area contributed by atoms with Crippen molar-refractivity contribution in [3.05, 3.63) is 53.1 Å². The van der Waals surface area contributed by atoms with E-state index in [0.717, 1.165) is 24.0 Å². The van der Waals surface area contributed by atoms with Crippen LogP contribution in [0.1, 0.15) is 29.7 Å². The van der Waals surface area contributed by atoms with E-state index in [0.29, 0.717) is 17.8 Å². The number of carbonyl (C=O) groups is 1. The van der Waals surface area contributed by atoms with Gasteiger partial charge in [-0.3, -0.25) is 0 Å². The van der Waals surface area contributed by atoms with Gasteiger partial charge >= 0.3 is 12.1 Å². The first-order valence-electron chi connectivity index (χ1n) is 7.20. The first kappa shape index (κ1) is 17.7. The minimum absolute atomic E-state index is 0.0281. The van der Waals surface area contributed by atoms with E-state index < -0.39 is 17.7 Å². The molecule has 1 aromatic carbocycles. The van der Waals surface area contributed by atoms with Crippen molar-refractivity contribution in [1.29, 1.82) is 0 Å². The van der Waals surface area contributed by atoms with E-state index in [1.165, 1.54) is 18.2 Å². The van der Waals surface area contributed by atoms with E-state index >= 15 is 0 Å². The number of carbonyl (C=O) groups excluding carboxylic acids is 1. The first-order chi connectivity index (χ1) is 11.3. The monoisotopic (exact) mass is 339 g/mol. The number of hydrogen-bond acceptors (Lipinski definition) is 4. The van der Waals surface area contributed by atoms with Gasteiger partial charge in [0.25, 0.3) is 0 Å². The number of esters is 1. The molecule has 0 aliphatic rings. The molecule has 0 N–H and O–H groups in total. The highest BCUT2D eigenvalue weighted by atomic mass is 19.4. The summed E-state index contributed by atoms with van der Waals surface area (Å²) in [4.78, 5) is 11.7. The van der Waals surface area contributed by atoms with Gasteiger partial charge in [-0.05, 0) is 23.8 Å². The maximum atomic E-state index is 12.5. The number of aromatic nitrogens is 3. The summed E-state index contributed by atoms with van der Waals surface area (Å²) in [6.45, 7) is 1.91. The average Bonchev–Trinajstić information content (AvgIpc) is 2.90. The van der Waals surface area contributed by atoms with Crippen LogP contribution in [0.5, 0.6) is 0 Å². The molecule has 5 nitrogen and oxygen atoms in total. The fourth-order valence-corrected chi connectivity index (χ4v) is 1.96. The Bertz CT molecular complexity index is 734. The number of alkyl halides is 3. The van der Waals surface area contributed by atoms with E-state index in [1.807, 2.05) is 6.92 Å². The topological polar surface area (TPSA) is 57.0 Å². The van der Waals surface area contributed by atoms with Gasteiger partial charge in [0.1, 0.15) is 5.82 Å². The molecule has 0 unspecified atom stereocenters. The van der Waals surface area contributed by atoms with Gasteiger partial charge in [-0.2, -0.15) is 13.2 Å². The number of hydrogen-bond donors (Lipinski definition) is 0. The minimum atomic E-state index is -4.38. The second-order valence-corrected chi connectivity index (χ2v) is 5.01. The van der Waals surface area contributed by atoms with Gasteiger partial charge in [0.15, 0.2) is 12.4 Å². The fraction of sp³-hybridized carbons (Fsp3) is 0.312. The summed E-state index contributed by atoms with van der Waals surface area (Å²) in [5.74, 6) is 0.681. The summed E-state index contributed by atoms with van der Waals surface area (Å²) in [5.41, 5.74) is -0.275. The van der Waals surface area contributed by atoms with Gasteiger partial charge in [-0.25, -0.2) is 4.79 Å². The van der Waals surface area contributed by atoms with Crippen molar-refractivity contribution < 1.29 is 22.7 Å². The van der Waals surface area contributed by atoms with Crippen LogP contribution in [0.15, 0.2) is 30.3 Å². The lowest BCUT2D eigenvalue weighted by Crippen LogP contribution is -2.07. The molecule has 0 aliphatic carbocycles. The third kappa shape index (κ3) is 4.43. The molecule has 0 fully saturated rings. The molecular weight excluding hydrogens is 323 g/mol. The standard InChI is InChI=1S/C16H16F3N3O2/c1-3-13-20-21-14(22(13)2)10-24-15(23)9-6-11-4-7-12(8-5-11)16(17,18)19/h4-9H,3,10H2,1-2H3/b9-6-. The molecule has 0 atom stereocenters. The van der Waals surface area contributed by atoms with Crippen LogP contribution in [0.25, 0.3) is 6.08 Å². The third-order valence-corrected chi connectivity index (χ3v) is 3.36. The van der Waals surface area contributed by atoms with Gasteiger partial charge < -0.3 is 9.30 Å². The molecule has 1 heterocycles. The molecule has 0 amide bonds. The Labute approximate surface area is 136 Å².